The van der Waals surface area contributed by atoms with Gasteiger partial charge in [-0.25, -0.2) is 0 Å². The van der Waals surface area contributed by atoms with Crippen LogP contribution in [0.4, 0.5) is 13.2 Å². The first-order valence-corrected chi connectivity index (χ1v) is 7.53. The molecule has 0 saturated heterocycles. The Balaban J connectivity index is 4.68. The largest absolute Gasteiger partial charge is 0.416 e. The number of unbranched alkanes of at least 4 members (excludes halogenated alkanes) is 1. The van der Waals surface area contributed by atoms with Crippen LogP contribution in [0.25, 0.3) is 0 Å². The van der Waals surface area contributed by atoms with E-state index in [1.165, 1.54) is 23.9 Å². The standard InChI is InChI=1S/C10H15BrF3PS/c1-2-16-9(15)7-8(10(12,13)14)5-3-4-6-11/h5,7H,2-4,6,15H2,1H3/b8-5+,9-7+. The topological polar surface area (TPSA) is 0 Å². The Hall–Kier alpha value is 0.530. The summed E-state index contributed by atoms with van der Waals surface area (Å²) >= 11 is 4.58. The molecule has 0 rings (SSSR count). The van der Waals surface area contributed by atoms with Gasteiger partial charge in [-0.2, -0.15) is 13.2 Å². The Morgan fingerprint density at radius 1 is 1.44 bits per heavy atom. The molecule has 0 bridgehead atoms. The molecular formula is C10H15BrF3PS. The van der Waals surface area contributed by atoms with Crippen LogP contribution in [-0.4, -0.2) is 17.3 Å². The average Bonchev–Trinajstić information content (AvgIpc) is 2.15. The summed E-state index contributed by atoms with van der Waals surface area (Å²) < 4.78 is 38.4. The molecule has 0 spiro atoms. The van der Waals surface area contributed by atoms with E-state index in [9.17, 15) is 13.2 Å². The molecule has 0 aliphatic carbocycles. The van der Waals surface area contributed by atoms with E-state index in [0.29, 0.717) is 17.5 Å². The van der Waals surface area contributed by atoms with Gasteiger partial charge in [0.2, 0.25) is 0 Å². The Labute approximate surface area is 109 Å². The SMILES string of the molecule is CCS/C(P)=C/C(=C\CCCBr)C(F)(F)F. The van der Waals surface area contributed by atoms with Crippen LogP contribution in [0.1, 0.15) is 19.8 Å². The highest BCUT2D eigenvalue weighted by Gasteiger charge is 2.31. The molecule has 1 atom stereocenters. The molecule has 0 aromatic heterocycles. The molecule has 1 unspecified atom stereocenters. The zero-order valence-corrected chi connectivity index (χ0v) is 12.5. The maximum Gasteiger partial charge on any atom is 0.416 e. The smallest absolute Gasteiger partial charge is 0.166 e. The van der Waals surface area contributed by atoms with E-state index in [0.717, 1.165) is 11.1 Å². The predicted molar refractivity (Wildman–Crippen MR) is 73.1 cm³/mol. The van der Waals surface area contributed by atoms with Gasteiger partial charge in [-0.3, -0.25) is 0 Å². The molecule has 0 fully saturated rings. The van der Waals surface area contributed by atoms with Crippen LogP contribution in [0.15, 0.2) is 22.4 Å². The van der Waals surface area contributed by atoms with Gasteiger partial charge in [0.1, 0.15) is 0 Å². The third kappa shape index (κ3) is 7.75. The quantitative estimate of drug-likeness (QED) is 0.281. The van der Waals surface area contributed by atoms with E-state index in [1.807, 2.05) is 6.92 Å². The number of alkyl halides is 4. The van der Waals surface area contributed by atoms with E-state index in [-0.39, 0.29) is 0 Å². The minimum absolute atomic E-state index is 0.436. The van der Waals surface area contributed by atoms with Crippen molar-refractivity contribution in [2.75, 3.05) is 11.1 Å². The predicted octanol–water partition coefficient (Wildman–Crippen LogP) is 5.12. The van der Waals surface area contributed by atoms with Crippen LogP contribution >= 0.6 is 36.9 Å². The third-order valence-electron chi connectivity index (χ3n) is 1.64. The number of hydrogen-bond acceptors (Lipinski definition) is 1. The van der Waals surface area contributed by atoms with Gasteiger partial charge in [-0.15, -0.1) is 11.8 Å². The molecule has 0 amide bonds. The van der Waals surface area contributed by atoms with Gasteiger partial charge in [-0.05, 0) is 24.7 Å². The molecule has 16 heavy (non-hydrogen) atoms. The molecule has 6 heteroatoms. The van der Waals surface area contributed by atoms with Crippen molar-refractivity contribution in [2.24, 2.45) is 0 Å². The lowest BCUT2D eigenvalue weighted by atomic mass is 10.2. The number of hydrogen-bond donors (Lipinski definition) is 0. The van der Waals surface area contributed by atoms with E-state index in [4.69, 9.17) is 0 Å². The van der Waals surface area contributed by atoms with Crippen LogP contribution in [0.5, 0.6) is 0 Å². The molecule has 0 aromatic carbocycles. The molecule has 0 saturated carbocycles. The third-order valence-corrected chi connectivity index (χ3v) is 3.61. The van der Waals surface area contributed by atoms with Gasteiger partial charge in [0, 0.05) is 9.98 Å². The Kier molecular flexibility index (Phi) is 8.88. The lowest BCUT2D eigenvalue weighted by Crippen LogP contribution is -2.10. The number of thioether (sulfide) groups is 1. The maximum absolute atomic E-state index is 12.6. The lowest BCUT2D eigenvalue weighted by Gasteiger charge is -2.09. The summed E-state index contributed by atoms with van der Waals surface area (Å²) in [7, 11) is 2.33. The fourth-order valence-corrected chi connectivity index (χ4v) is 2.50. The van der Waals surface area contributed by atoms with Crippen LogP contribution < -0.4 is 0 Å². The minimum atomic E-state index is -4.26. The second kappa shape index (κ2) is 8.60. The van der Waals surface area contributed by atoms with Gasteiger partial charge in [0.25, 0.3) is 0 Å². The number of rotatable bonds is 6. The van der Waals surface area contributed by atoms with Gasteiger partial charge in [0.05, 0.1) is 5.57 Å². The van der Waals surface area contributed by atoms with Gasteiger partial charge >= 0.3 is 6.18 Å². The number of allylic oxidation sites excluding steroid dienone is 3. The first-order chi connectivity index (χ1) is 7.41. The van der Waals surface area contributed by atoms with Crippen molar-refractivity contribution in [3.05, 3.63) is 22.4 Å². The van der Waals surface area contributed by atoms with Gasteiger partial charge in [-0.1, -0.05) is 38.2 Å². The Morgan fingerprint density at radius 3 is 2.50 bits per heavy atom. The monoisotopic (exact) mass is 334 g/mol. The van der Waals surface area contributed by atoms with Crippen molar-refractivity contribution in [3.63, 3.8) is 0 Å². The zero-order valence-electron chi connectivity index (χ0n) is 8.98. The Bertz CT molecular complexity index is 261. The molecule has 94 valence electrons. The van der Waals surface area contributed by atoms with Crippen molar-refractivity contribution >= 4 is 36.9 Å². The fourth-order valence-electron chi connectivity index (χ4n) is 0.953. The zero-order chi connectivity index (χ0) is 12.6. The molecule has 0 heterocycles. The summed E-state index contributed by atoms with van der Waals surface area (Å²) in [6.07, 6.45) is -0.678. The van der Waals surface area contributed by atoms with Crippen LogP contribution in [0.3, 0.4) is 0 Å². The van der Waals surface area contributed by atoms with E-state index >= 15 is 0 Å². The van der Waals surface area contributed by atoms with Crippen LogP contribution in [-0.2, 0) is 0 Å². The molecular weight excluding hydrogens is 320 g/mol. The van der Waals surface area contributed by atoms with Crippen molar-refractivity contribution in [1.29, 1.82) is 0 Å². The summed E-state index contributed by atoms with van der Waals surface area (Å²) in [5, 5.41) is 0.718. The highest BCUT2D eigenvalue weighted by molar-refractivity contribution is 9.09. The second-order valence-corrected chi connectivity index (χ2v) is 6.14. The van der Waals surface area contributed by atoms with Crippen molar-refractivity contribution in [3.8, 4) is 0 Å². The van der Waals surface area contributed by atoms with Crippen molar-refractivity contribution in [1.82, 2.24) is 0 Å². The van der Waals surface area contributed by atoms with Crippen molar-refractivity contribution in [2.45, 2.75) is 25.9 Å². The van der Waals surface area contributed by atoms with E-state index in [1.54, 1.807) is 0 Å². The number of halogens is 4. The van der Waals surface area contributed by atoms with Crippen LogP contribution in [0.2, 0.25) is 0 Å². The van der Waals surface area contributed by atoms with E-state index < -0.39 is 11.7 Å². The molecule has 0 aliphatic heterocycles. The normalized spacial score (nSPS) is 14.4. The fraction of sp³-hybridized carbons (Fsp3) is 0.600. The summed E-state index contributed by atoms with van der Waals surface area (Å²) in [5.74, 6) is 0.766. The van der Waals surface area contributed by atoms with Crippen LogP contribution in [0, 0.1) is 0 Å². The van der Waals surface area contributed by atoms with Crippen molar-refractivity contribution < 1.29 is 13.2 Å². The molecule has 0 N–H and O–H groups in total. The Morgan fingerprint density at radius 2 is 2.06 bits per heavy atom. The molecule has 0 radical (unpaired) electrons. The summed E-state index contributed by atoms with van der Waals surface area (Å²) in [4.78, 5) is 0. The van der Waals surface area contributed by atoms with Gasteiger partial charge < -0.3 is 0 Å². The summed E-state index contributed by atoms with van der Waals surface area (Å²) in [6, 6.07) is 0. The highest BCUT2D eigenvalue weighted by Crippen LogP contribution is 2.32. The minimum Gasteiger partial charge on any atom is -0.166 e. The molecule has 0 nitrogen and oxygen atoms in total. The molecule has 0 aromatic rings. The maximum atomic E-state index is 12.6. The first kappa shape index (κ1) is 16.5. The average molecular weight is 335 g/mol. The second-order valence-electron chi connectivity index (χ2n) is 2.97. The lowest BCUT2D eigenvalue weighted by molar-refractivity contribution is -0.0884. The van der Waals surface area contributed by atoms with E-state index in [2.05, 4.69) is 25.2 Å². The molecule has 0 aliphatic rings. The summed E-state index contributed by atoms with van der Waals surface area (Å²) in [5.41, 5.74) is -0.556. The summed E-state index contributed by atoms with van der Waals surface area (Å²) in [6.45, 7) is 1.91. The first-order valence-electron chi connectivity index (χ1n) is 4.85. The highest BCUT2D eigenvalue weighted by atomic mass is 79.9. The van der Waals surface area contributed by atoms with Gasteiger partial charge in [0.15, 0.2) is 0 Å².